The molecule has 7 heteroatoms. The zero-order valence-corrected chi connectivity index (χ0v) is 18.7. The number of nitrogens with zero attached hydrogens (tertiary/aromatic N) is 3. The van der Waals surface area contributed by atoms with Crippen LogP contribution in [-0.2, 0) is 10.0 Å². The van der Waals surface area contributed by atoms with E-state index in [1.807, 2.05) is 18.2 Å². The van der Waals surface area contributed by atoms with E-state index in [-0.39, 0.29) is 0 Å². The standard InChI is InChI=1S/C22H38N4O2S/c1-24(29(27,28)19-20-8-3-2-4-9-20)12-5-6-13-25-14-16-26(17-15-25)22-11-7-10-21(23)18-22/h7,10-11,18,20H,2-6,8-9,12-17,19,23H2,1H3. The highest BCUT2D eigenvalue weighted by Gasteiger charge is 2.24. The molecule has 164 valence electrons. The Kier molecular flexibility index (Phi) is 8.21. The van der Waals surface area contributed by atoms with E-state index in [2.05, 4.69) is 15.9 Å². The van der Waals surface area contributed by atoms with Gasteiger partial charge in [0.25, 0.3) is 0 Å². The predicted molar refractivity (Wildman–Crippen MR) is 122 cm³/mol. The van der Waals surface area contributed by atoms with E-state index >= 15 is 0 Å². The van der Waals surface area contributed by atoms with Crippen molar-refractivity contribution >= 4 is 21.4 Å². The molecule has 0 aromatic heterocycles. The Hall–Kier alpha value is -1.31. The lowest BCUT2D eigenvalue weighted by Gasteiger charge is -2.36. The topological polar surface area (TPSA) is 69.9 Å². The van der Waals surface area contributed by atoms with Crippen LogP contribution < -0.4 is 10.6 Å². The van der Waals surface area contributed by atoms with Gasteiger partial charge in [0.05, 0.1) is 5.75 Å². The summed E-state index contributed by atoms with van der Waals surface area (Å²) in [6.45, 7) is 5.80. The van der Waals surface area contributed by atoms with Crippen LogP contribution in [0.25, 0.3) is 0 Å². The van der Waals surface area contributed by atoms with Crippen LogP contribution >= 0.6 is 0 Å². The van der Waals surface area contributed by atoms with Gasteiger partial charge in [-0.2, -0.15) is 0 Å². The van der Waals surface area contributed by atoms with E-state index in [0.717, 1.165) is 64.1 Å². The first kappa shape index (κ1) is 22.4. The van der Waals surface area contributed by atoms with Gasteiger partial charge in [-0.3, -0.25) is 4.90 Å². The van der Waals surface area contributed by atoms with Crippen molar-refractivity contribution in [1.82, 2.24) is 9.21 Å². The highest BCUT2D eigenvalue weighted by atomic mass is 32.2. The number of anilines is 2. The van der Waals surface area contributed by atoms with Gasteiger partial charge < -0.3 is 10.6 Å². The van der Waals surface area contributed by atoms with E-state index in [1.54, 1.807) is 11.4 Å². The molecule has 29 heavy (non-hydrogen) atoms. The molecule has 0 bridgehead atoms. The van der Waals surface area contributed by atoms with Crippen molar-refractivity contribution in [2.45, 2.75) is 44.9 Å². The average molecular weight is 423 g/mol. The minimum absolute atomic E-state index is 0.343. The monoisotopic (exact) mass is 422 g/mol. The number of sulfonamides is 1. The molecule has 1 aliphatic carbocycles. The molecule has 0 spiro atoms. The third-order valence-corrected chi connectivity index (χ3v) is 8.48. The maximum Gasteiger partial charge on any atom is 0.214 e. The number of piperazine rings is 1. The van der Waals surface area contributed by atoms with Gasteiger partial charge in [0, 0.05) is 51.1 Å². The average Bonchev–Trinajstić information content (AvgIpc) is 2.72. The molecule has 2 fully saturated rings. The van der Waals surface area contributed by atoms with Gasteiger partial charge >= 0.3 is 0 Å². The summed E-state index contributed by atoms with van der Waals surface area (Å²) in [5, 5.41) is 0. The fourth-order valence-corrected chi connectivity index (χ4v) is 6.13. The molecule has 0 atom stereocenters. The van der Waals surface area contributed by atoms with Crippen molar-refractivity contribution in [2.24, 2.45) is 5.92 Å². The summed E-state index contributed by atoms with van der Waals surface area (Å²) in [6.07, 6.45) is 7.77. The fraction of sp³-hybridized carbons (Fsp3) is 0.727. The molecule has 2 aliphatic rings. The van der Waals surface area contributed by atoms with E-state index in [1.165, 1.54) is 24.9 Å². The molecule has 0 amide bonds. The van der Waals surface area contributed by atoms with Gasteiger partial charge in [0.1, 0.15) is 0 Å². The van der Waals surface area contributed by atoms with Gasteiger partial charge in [0.15, 0.2) is 0 Å². The van der Waals surface area contributed by atoms with Crippen molar-refractivity contribution in [2.75, 3.05) is 62.7 Å². The Morgan fingerprint density at radius 2 is 1.79 bits per heavy atom. The van der Waals surface area contributed by atoms with Gasteiger partial charge in [-0.05, 0) is 56.3 Å². The number of hydrogen-bond donors (Lipinski definition) is 1. The Bertz CT molecular complexity index is 726. The van der Waals surface area contributed by atoms with Crippen molar-refractivity contribution < 1.29 is 8.42 Å². The normalized spacial score (nSPS) is 19.7. The highest BCUT2D eigenvalue weighted by molar-refractivity contribution is 7.89. The molecule has 1 heterocycles. The van der Waals surface area contributed by atoms with Crippen molar-refractivity contribution in [1.29, 1.82) is 0 Å². The van der Waals surface area contributed by atoms with E-state index in [4.69, 9.17) is 5.73 Å². The van der Waals surface area contributed by atoms with Crippen LogP contribution in [0.1, 0.15) is 44.9 Å². The molecule has 2 N–H and O–H groups in total. The maximum atomic E-state index is 12.6. The first-order chi connectivity index (χ1) is 13.9. The number of nitrogens with two attached hydrogens (primary N) is 1. The van der Waals surface area contributed by atoms with Crippen LogP contribution in [0.4, 0.5) is 11.4 Å². The Morgan fingerprint density at radius 3 is 2.48 bits per heavy atom. The molecule has 0 unspecified atom stereocenters. The summed E-state index contributed by atoms with van der Waals surface area (Å²) in [5.74, 6) is 0.711. The molecule has 1 aromatic carbocycles. The van der Waals surface area contributed by atoms with E-state index < -0.39 is 10.0 Å². The summed E-state index contributed by atoms with van der Waals surface area (Å²) in [6, 6.07) is 8.09. The van der Waals surface area contributed by atoms with Crippen LogP contribution in [0.2, 0.25) is 0 Å². The zero-order valence-electron chi connectivity index (χ0n) is 17.9. The second-order valence-electron chi connectivity index (χ2n) is 8.73. The zero-order chi connectivity index (χ0) is 20.7. The van der Waals surface area contributed by atoms with E-state index in [0.29, 0.717) is 18.2 Å². The minimum atomic E-state index is -3.10. The highest BCUT2D eigenvalue weighted by Crippen LogP contribution is 2.25. The van der Waals surface area contributed by atoms with Crippen LogP contribution in [-0.4, -0.2) is 69.7 Å². The summed E-state index contributed by atoms with van der Waals surface area (Å²) in [7, 11) is -1.35. The van der Waals surface area contributed by atoms with Gasteiger partial charge in [0.2, 0.25) is 10.0 Å². The molecule has 1 saturated carbocycles. The molecular formula is C22H38N4O2S. The molecule has 6 nitrogen and oxygen atoms in total. The summed E-state index contributed by atoms with van der Waals surface area (Å²) in [4.78, 5) is 4.87. The Morgan fingerprint density at radius 1 is 1.07 bits per heavy atom. The number of hydrogen-bond acceptors (Lipinski definition) is 5. The number of benzene rings is 1. The summed E-state index contributed by atoms with van der Waals surface area (Å²) in [5.41, 5.74) is 7.91. The second kappa shape index (κ2) is 10.6. The Balaban J connectivity index is 1.32. The number of unbranched alkanes of at least 4 members (excludes halogenated alkanes) is 1. The van der Waals surface area contributed by atoms with Crippen molar-refractivity contribution in [3.63, 3.8) is 0 Å². The fourth-order valence-electron chi connectivity index (χ4n) is 4.54. The van der Waals surface area contributed by atoms with Crippen LogP contribution in [0.15, 0.2) is 24.3 Å². The quantitative estimate of drug-likeness (QED) is 0.489. The van der Waals surface area contributed by atoms with Crippen LogP contribution in [0.3, 0.4) is 0 Å². The van der Waals surface area contributed by atoms with E-state index in [9.17, 15) is 8.42 Å². The number of rotatable bonds is 9. The van der Waals surface area contributed by atoms with Gasteiger partial charge in [-0.15, -0.1) is 0 Å². The molecule has 1 aliphatic heterocycles. The maximum absolute atomic E-state index is 12.6. The smallest absolute Gasteiger partial charge is 0.214 e. The summed E-state index contributed by atoms with van der Waals surface area (Å²) < 4.78 is 26.8. The lowest BCUT2D eigenvalue weighted by molar-refractivity contribution is 0.250. The lowest BCUT2D eigenvalue weighted by atomic mass is 9.91. The lowest BCUT2D eigenvalue weighted by Crippen LogP contribution is -2.46. The molecule has 0 radical (unpaired) electrons. The van der Waals surface area contributed by atoms with Crippen LogP contribution in [0.5, 0.6) is 0 Å². The predicted octanol–water partition coefficient (Wildman–Crippen LogP) is 3.01. The van der Waals surface area contributed by atoms with Crippen molar-refractivity contribution in [3.05, 3.63) is 24.3 Å². The second-order valence-corrected chi connectivity index (χ2v) is 10.9. The SMILES string of the molecule is CN(CCCCN1CCN(c2cccc(N)c2)CC1)S(=O)(=O)CC1CCCCC1. The molecule has 1 saturated heterocycles. The Labute approximate surface area is 177 Å². The number of nitrogen functional groups attached to an aromatic ring is 1. The van der Waals surface area contributed by atoms with Crippen LogP contribution in [0, 0.1) is 5.92 Å². The first-order valence-electron chi connectivity index (χ1n) is 11.2. The third kappa shape index (κ3) is 6.86. The van der Waals surface area contributed by atoms with Crippen molar-refractivity contribution in [3.8, 4) is 0 Å². The minimum Gasteiger partial charge on any atom is -0.399 e. The first-order valence-corrected chi connectivity index (χ1v) is 12.8. The third-order valence-electron chi connectivity index (χ3n) is 6.45. The molecular weight excluding hydrogens is 384 g/mol. The summed E-state index contributed by atoms with van der Waals surface area (Å²) >= 11 is 0. The molecule has 3 rings (SSSR count). The van der Waals surface area contributed by atoms with Gasteiger partial charge in [-0.1, -0.05) is 25.3 Å². The molecule has 1 aromatic rings. The largest absolute Gasteiger partial charge is 0.399 e. The van der Waals surface area contributed by atoms with Gasteiger partial charge in [-0.25, -0.2) is 12.7 Å².